The van der Waals surface area contributed by atoms with E-state index in [9.17, 15) is 0 Å². The smallest absolute Gasteiger partial charge is 0.137 e. The standard InChI is InChI=1S/C12H19N3O/c1-13-10-5-7-15(8-6-10)12-4-3-11(16-2)9-14-12/h3-4,9-10,13H,5-8H2,1-2H3. The molecule has 0 saturated carbocycles. The first kappa shape index (κ1) is 11.2. The predicted molar refractivity (Wildman–Crippen MR) is 65.1 cm³/mol. The summed E-state index contributed by atoms with van der Waals surface area (Å²) in [6.45, 7) is 2.15. The van der Waals surface area contributed by atoms with Crippen LogP contribution in [0.15, 0.2) is 18.3 Å². The number of methoxy groups -OCH3 is 1. The molecule has 1 aliphatic rings. The minimum absolute atomic E-state index is 0.662. The fourth-order valence-corrected chi connectivity index (χ4v) is 2.08. The average Bonchev–Trinajstić information content (AvgIpc) is 2.39. The number of ether oxygens (including phenoxy) is 1. The van der Waals surface area contributed by atoms with Gasteiger partial charge in [0.1, 0.15) is 11.6 Å². The lowest BCUT2D eigenvalue weighted by molar-refractivity contribution is 0.412. The molecule has 1 fully saturated rings. The molecule has 1 aliphatic heterocycles. The van der Waals surface area contributed by atoms with E-state index in [1.54, 1.807) is 13.3 Å². The van der Waals surface area contributed by atoms with Crippen molar-refractivity contribution in [2.75, 3.05) is 32.1 Å². The van der Waals surface area contributed by atoms with Gasteiger partial charge in [0.05, 0.1) is 13.3 Å². The molecule has 0 spiro atoms. The zero-order valence-electron chi connectivity index (χ0n) is 9.94. The predicted octanol–water partition coefficient (Wildman–Crippen LogP) is 1.28. The molecule has 0 radical (unpaired) electrons. The van der Waals surface area contributed by atoms with Crippen LogP contribution in [0, 0.1) is 0 Å². The van der Waals surface area contributed by atoms with Crippen molar-refractivity contribution in [3.8, 4) is 5.75 Å². The molecular formula is C12H19N3O. The normalized spacial score (nSPS) is 17.5. The number of hydrogen-bond donors (Lipinski definition) is 1. The topological polar surface area (TPSA) is 37.4 Å². The molecule has 0 unspecified atom stereocenters. The highest BCUT2D eigenvalue weighted by Crippen LogP contribution is 2.19. The Morgan fingerprint density at radius 3 is 2.62 bits per heavy atom. The third kappa shape index (κ3) is 2.44. The van der Waals surface area contributed by atoms with E-state index in [1.165, 1.54) is 12.8 Å². The lowest BCUT2D eigenvalue weighted by Crippen LogP contribution is -2.41. The van der Waals surface area contributed by atoms with Gasteiger partial charge in [-0.1, -0.05) is 0 Å². The number of hydrogen-bond acceptors (Lipinski definition) is 4. The minimum atomic E-state index is 0.662. The van der Waals surface area contributed by atoms with Gasteiger partial charge in [0.25, 0.3) is 0 Å². The zero-order valence-corrected chi connectivity index (χ0v) is 9.94. The van der Waals surface area contributed by atoms with Crippen LogP contribution in [0.1, 0.15) is 12.8 Å². The van der Waals surface area contributed by atoms with Crippen molar-refractivity contribution in [3.05, 3.63) is 18.3 Å². The second-order valence-corrected chi connectivity index (χ2v) is 4.11. The maximum atomic E-state index is 5.10. The molecular weight excluding hydrogens is 202 g/mol. The summed E-state index contributed by atoms with van der Waals surface area (Å²) in [6, 6.07) is 4.65. The number of piperidine rings is 1. The van der Waals surface area contributed by atoms with E-state index < -0.39 is 0 Å². The number of nitrogens with zero attached hydrogens (tertiary/aromatic N) is 2. The second kappa shape index (κ2) is 5.16. The number of nitrogens with one attached hydrogen (secondary N) is 1. The molecule has 4 heteroatoms. The quantitative estimate of drug-likeness (QED) is 0.834. The van der Waals surface area contributed by atoms with E-state index in [0.29, 0.717) is 6.04 Å². The molecule has 1 N–H and O–H groups in total. The highest BCUT2D eigenvalue weighted by Gasteiger charge is 2.18. The number of anilines is 1. The number of aromatic nitrogens is 1. The van der Waals surface area contributed by atoms with Crippen molar-refractivity contribution in [2.45, 2.75) is 18.9 Å². The van der Waals surface area contributed by atoms with Gasteiger partial charge >= 0.3 is 0 Å². The summed E-state index contributed by atoms with van der Waals surface area (Å²) in [5.41, 5.74) is 0. The minimum Gasteiger partial charge on any atom is -0.495 e. The lowest BCUT2D eigenvalue weighted by Gasteiger charge is -2.32. The molecule has 0 aliphatic carbocycles. The van der Waals surface area contributed by atoms with Gasteiger partial charge in [-0.25, -0.2) is 4.98 Å². The van der Waals surface area contributed by atoms with Gasteiger partial charge in [-0.3, -0.25) is 0 Å². The van der Waals surface area contributed by atoms with E-state index in [0.717, 1.165) is 24.7 Å². The molecule has 1 aromatic heterocycles. The maximum absolute atomic E-state index is 5.10. The van der Waals surface area contributed by atoms with Crippen LogP contribution in [-0.2, 0) is 0 Å². The third-order valence-corrected chi connectivity index (χ3v) is 3.18. The molecule has 2 heterocycles. The summed E-state index contributed by atoms with van der Waals surface area (Å²) in [5.74, 6) is 1.87. The summed E-state index contributed by atoms with van der Waals surface area (Å²) in [7, 11) is 3.70. The molecule has 0 aromatic carbocycles. The Morgan fingerprint density at radius 1 is 1.38 bits per heavy atom. The molecule has 16 heavy (non-hydrogen) atoms. The van der Waals surface area contributed by atoms with E-state index in [-0.39, 0.29) is 0 Å². The van der Waals surface area contributed by atoms with Gasteiger partial charge in [0, 0.05) is 19.1 Å². The first-order chi connectivity index (χ1) is 7.83. The van der Waals surface area contributed by atoms with E-state index in [2.05, 4.69) is 15.2 Å². The molecule has 0 atom stereocenters. The van der Waals surface area contributed by atoms with Crippen molar-refractivity contribution in [1.82, 2.24) is 10.3 Å². The second-order valence-electron chi connectivity index (χ2n) is 4.11. The molecule has 4 nitrogen and oxygen atoms in total. The Morgan fingerprint density at radius 2 is 2.12 bits per heavy atom. The van der Waals surface area contributed by atoms with Crippen LogP contribution < -0.4 is 15.0 Å². The van der Waals surface area contributed by atoms with Gasteiger partial charge < -0.3 is 15.0 Å². The van der Waals surface area contributed by atoms with Crippen molar-refractivity contribution in [2.24, 2.45) is 0 Å². The third-order valence-electron chi connectivity index (χ3n) is 3.18. The Balaban J connectivity index is 1.97. The lowest BCUT2D eigenvalue weighted by atomic mass is 10.1. The van der Waals surface area contributed by atoms with Crippen molar-refractivity contribution < 1.29 is 4.74 Å². The summed E-state index contributed by atoms with van der Waals surface area (Å²) < 4.78 is 5.10. The van der Waals surface area contributed by atoms with Gasteiger partial charge in [-0.05, 0) is 32.0 Å². The SMILES string of the molecule is CNC1CCN(c2ccc(OC)cn2)CC1. The number of pyridine rings is 1. The fourth-order valence-electron chi connectivity index (χ4n) is 2.08. The van der Waals surface area contributed by atoms with Crippen molar-refractivity contribution >= 4 is 5.82 Å². The van der Waals surface area contributed by atoms with Gasteiger partial charge in [0.2, 0.25) is 0 Å². The van der Waals surface area contributed by atoms with Crippen molar-refractivity contribution in [3.63, 3.8) is 0 Å². The average molecular weight is 221 g/mol. The van der Waals surface area contributed by atoms with E-state index >= 15 is 0 Å². The molecule has 0 bridgehead atoms. The van der Waals surface area contributed by atoms with Crippen LogP contribution in [-0.4, -0.2) is 38.3 Å². The molecule has 1 aromatic rings. The van der Waals surface area contributed by atoms with Crippen LogP contribution in [0.5, 0.6) is 5.75 Å². The monoisotopic (exact) mass is 221 g/mol. The van der Waals surface area contributed by atoms with E-state index in [1.807, 2.05) is 19.2 Å². The van der Waals surface area contributed by atoms with E-state index in [4.69, 9.17) is 4.74 Å². The highest BCUT2D eigenvalue weighted by molar-refractivity contribution is 5.41. The summed E-state index contributed by atoms with van der Waals surface area (Å²) in [6.07, 6.45) is 4.15. The highest BCUT2D eigenvalue weighted by atomic mass is 16.5. The Labute approximate surface area is 96.6 Å². The fraction of sp³-hybridized carbons (Fsp3) is 0.583. The van der Waals surface area contributed by atoms with Gasteiger partial charge in [-0.15, -0.1) is 0 Å². The zero-order chi connectivity index (χ0) is 11.4. The molecule has 0 amide bonds. The first-order valence-electron chi connectivity index (χ1n) is 5.75. The maximum Gasteiger partial charge on any atom is 0.137 e. The molecule has 88 valence electrons. The van der Waals surface area contributed by atoms with Crippen LogP contribution in [0.3, 0.4) is 0 Å². The first-order valence-corrected chi connectivity index (χ1v) is 5.75. The van der Waals surface area contributed by atoms with Crippen molar-refractivity contribution in [1.29, 1.82) is 0 Å². The molecule has 1 saturated heterocycles. The van der Waals surface area contributed by atoms with Crippen LogP contribution in [0.4, 0.5) is 5.82 Å². The largest absolute Gasteiger partial charge is 0.495 e. The van der Waals surface area contributed by atoms with Gasteiger partial charge in [0.15, 0.2) is 0 Å². The van der Waals surface area contributed by atoms with Gasteiger partial charge in [-0.2, -0.15) is 0 Å². The Hall–Kier alpha value is -1.29. The van der Waals surface area contributed by atoms with Crippen LogP contribution in [0.25, 0.3) is 0 Å². The summed E-state index contributed by atoms with van der Waals surface area (Å²) in [4.78, 5) is 6.73. The van der Waals surface area contributed by atoms with Crippen LogP contribution in [0.2, 0.25) is 0 Å². The summed E-state index contributed by atoms with van der Waals surface area (Å²) >= 11 is 0. The molecule has 2 rings (SSSR count). The Bertz CT molecular complexity index is 318. The number of rotatable bonds is 3. The Kier molecular flexibility index (Phi) is 3.62. The van der Waals surface area contributed by atoms with Crippen LogP contribution >= 0.6 is 0 Å². The summed E-state index contributed by atoms with van der Waals surface area (Å²) in [5, 5.41) is 3.33.